The predicted octanol–water partition coefficient (Wildman–Crippen LogP) is 5.23. The van der Waals surface area contributed by atoms with Gasteiger partial charge in [-0.3, -0.25) is 14.5 Å². The molecule has 9 heteroatoms. The fourth-order valence-electron chi connectivity index (χ4n) is 3.08. The van der Waals surface area contributed by atoms with Crippen molar-refractivity contribution in [1.82, 2.24) is 4.98 Å². The van der Waals surface area contributed by atoms with Crippen molar-refractivity contribution < 1.29 is 17.9 Å². The molecule has 0 atom stereocenters. The van der Waals surface area contributed by atoms with Gasteiger partial charge < -0.3 is 10.1 Å². The Morgan fingerprint density at radius 1 is 1.03 bits per heavy atom. The molecule has 4 rings (SSSR count). The lowest BCUT2D eigenvalue weighted by molar-refractivity contribution is -0.115. The Bertz CT molecular complexity index is 1340. The molecule has 33 heavy (non-hydrogen) atoms. The number of anilines is 2. The fraction of sp³-hybridized carbons (Fsp3) is 0.0833. The molecule has 2 aromatic heterocycles. The van der Waals surface area contributed by atoms with Gasteiger partial charge >= 0.3 is 0 Å². The highest BCUT2D eigenvalue weighted by atomic mass is 32.2. The van der Waals surface area contributed by atoms with Gasteiger partial charge in [-0.25, -0.2) is 8.42 Å². The second-order valence-corrected chi connectivity index (χ2v) is 10.1. The van der Waals surface area contributed by atoms with Crippen LogP contribution in [0.5, 0.6) is 11.5 Å². The lowest BCUT2D eigenvalue weighted by Crippen LogP contribution is -2.15. The topological polar surface area (TPSA) is 97.4 Å². The third-order valence-electron chi connectivity index (χ3n) is 4.65. The van der Waals surface area contributed by atoms with Gasteiger partial charge in [0.1, 0.15) is 15.7 Å². The zero-order chi connectivity index (χ0) is 23.3. The van der Waals surface area contributed by atoms with E-state index in [1.165, 1.54) is 0 Å². The maximum atomic E-state index is 12.5. The summed E-state index contributed by atoms with van der Waals surface area (Å²) in [5.74, 6) is 1.14. The molecule has 4 aromatic rings. The summed E-state index contributed by atoms with van der Waals surface area (Å²) in [4.78, 5) is 16.5. The third-order valence-corrected chi connectivity index (χ3v) is 7.43. The lowest BCUT2D eigenvalue weighted by atomic mass is 10.1. The molecule has 0 aliphatic rings. The van der Waals surface area contributed by atoms with Gasteiger partial charge in [0.05, 0.1) is 12.6 Å². The summed E-state index contributed by atoms with van der Waals surface area (Å²) in [5.41, 5.74) is 2.74. The molecule has 0 spiro atoms. The molecular formula is C24H21N3O4S2. The van der Waals surface area contributed by atoms with Crippen LogP contribution in [0.25, 0.3) is 0 Å². The Kier molecular flexibility index (Phi) is 6.71. The number of amides is 1. The molecule has 0 radical (unpaired) electrons. The number of carbonyl (C=O) groups excluding carboxylic acids is 1. The molecule has 0 bridgehead atoms. The average Bonchev–Trinajstić information content (AvgIpc) is 3.34. The number of ether oxygens (including phenoxy) is 1. The molecule has 1 amide bonds. The van der Waals surface area contributed by atoms with E-state index in [0.29, 0.717) is 22.9 Å². The van der Waals surface area contributed by atoms with Crippen LogP contribution in [-0.4, -0.2) is 19.3 Å². The Hall–Kier alpha value is -3.69. The van der Waals surface area contributed by atoms with E-state index in [9.17, 15) is 13.2 Å². The van der Waals surface area contributed by atoms with Crippen LogP contribution >= 0.6 is 11.3 Å². The van der Waals surface area contributed by atoms with Gasteiger partial charge in [0.15, 0.2) is 0 Å². The van der Waals surface area contributed by atoms with Gasteiger partial charge in [-0.15, -0.1) is 11.3 Å². The van der Waals surface area contributed by atoms with E-state index >= 15 is 0 Å². The number of pyridine rings is 1. The van der Waals surface area contributed by atoms with Gasteiger partial charge in [0, 0.05) is 17.6 Å². The van der Waals surface area contributed by atoms with E-state index in [4.69, 9.17) is 4.74 Å². The monoisotopic (exact) mass is 479 g/mol. The zero-order valence-electron chi connectivity index (χ0n) is 17.7. The largest absolute Gasteiger partial charge is 0.455 e. The minimum Gasteiger partial charge on any atom is -0.455 e. The molecule has 2 aromatic carbocycles. The summed E-state index contributed by atoms with van der Waals surface area (Å²) in [6.45, 7) is 1.90. The highest BCUT2D eigenvalue weighted by Gasteiger charge is 2.15. The highest BCUT2D eigenvalue weighted by molar-refractivity contribution is 7.94. The molecule has 0 aliphatic carbocycles. The maximum Gasteiger partial charge on any atom is 0.271 e. The van der Waals surface area contributed by atoms with Gasteiger partial charge in [-0.1, -0.05) is 18.2 Å². The first-order valence-electron chi connectivity index (χ1n) is 10.0. The summed E-state index contributed by atoms with van der Waals surface area (Å²) >= 11 is 1.15. The molecule has 7 nitrogen and oxygen atoms in total. The second kappa shape index (κ2) is 9.85. The maximum absolute atomic E-state index is 12.5. The van der Waals surface area contributed by atoms with Crippen molar-refractivity contribution in [1.29, 1.82) is 0 Å². The van der Waals surface area contributed by atoms with Gasteiger partial charge in [0.2, 0.25) is 5.91 Å². The van der Waals surface area contributed by atoms with Gasteiger partial charge in [-0.05, 0) is 72.0 Å². The van der Waals surface area contributed by atoms with Crippen LogP contribution in [-0.2, 0) is 21.2 Å². The van der Waals surface area contributed by atoms with E-state index in [1.807, 2.05) is 19.1 Å². The zero-order valence-corrected chi connectivity index (χ0v) is 19.3. The molecule has 2 N–H and O–H groups in total. The number of sulfonamides is 1. The molecule has 0 fully saturated rings. The van der Waals surface area contributed by atoms with Crippen molar-refractivity contribution in [2.75, 3.05) is 10.0 Å². The molecule has 0 saturated heterocycles. The Labute approximate surface area is 196 Å². The SMILES string of the molecule is Cc1cc(NC(=O)Cc2ccc(NS(=O)(=O)c3cccs3)cc2)ccc1Oc1cccnc1. The highest BCUT2D eigenvalue weighted by Crippen LogP contribution is 2.27. The predicted molar refractivity (Wildman–Crippen MR) is 129 cm³/mol. The number of benzene rings is 2. The van der Waals surface area contributed by atoms with Crippen LogP contribution < -0.4 is 14.8 Å². The minimum atomic E-state index is -3.60. The molecule has 0 unspecified atom stereocenters. The van der Waals surface area contributed by atoms with E-state index in [1.54, 1.807) is 72.4 Å². The number of hydrogen-bond acceptors (Lipinski definition) is 6. The fourth-order valence-corrected chi connectivity index (χ4v) is 5.13. The summed E-state index contributed by atoms with van der Waals surface area (Å²) in [6.07, 6.45) is 3.47. The first-order valence-corrected chi connectivity index (χ1v) is 12.4. The number of hydrogen-bond donors (Lipinski definition) is 2. The average molecular weight is 480 g/mol. The van der Waals surface area contributed by atoms with Crippen molar-refractivity contribution in [3.8, 4) is 11.5 Å². The standard InChI is InChI=1S/C24H21N3O4S2/c1-17-14-20(10-11-22(17)31-21-4-2-12-25-16-21)26-23(28)15-18-6-8-19(9-7-18)27-33(29,30)24-5-3-13-32-24/h2-14,16,27H,15H2,1H3,(H,26,28). The van der Waals surface area contributed by atoms with Gasteiger partial charge in [-0.2, -0.15) is 0 Å². The van der Waals surface area contributed by atoms with Crippen molar-refractivity contribution in [3.05, 3.63) is 95.6 Å². The number of nitrogens with zero attached hydrogens (tertiary/aromatic N) is 1. The van der Waals surface area contributed by atoms with Gasteiger partial charge in [0.25, 0.3) is 10.0 Å². The summed E-state index contributed by atoms with van der Waals surface area (Å²) in [6, 6.07) is 19.0. The van der Waals surface area contributed by atoms with Crippen LogP contribution in [0.3, 0.4) is 0 Å². The number of aromatic nitrogens is 1. The first kappa shape index (κ1) is 22.5. The van der Waals surface area contributed by atoms with Crippen molar-refractivity contribution >= 4 is 38.6 Å². The smallest absolute Gasteiger partial charge is 0.271 e. The summed E-state index contributed by atoms with van der Waals surface area (Å²) < 4.78 is 33.2. The van der Waals surface area contributed by atoms with Crippen LogP contribution in [0.4, 0.5) is 11.4 Å². The molecule has 168 valence electrons. The Balaban J connectivity index is 1.34. The first-order chi connectivity index (χ1) is 15.9. The van der Waals surface area contributed by atoms with E-state index < -0.39 is 10.0 Å². The van der Waals surface area contributed by atoms with Crippen LogP contribution in [0.15, 0.2) is 88.7 Å². The van der Waals surface area contributed by atoms with Crippen LogP contribution in [0.2, 0.25) is 0 Å². The number of rotatable bonds is 8. The summed E-state index contributed by atoms with van der Waals surface area (Å²) in [5, 5.41) is 4.58. The number of carbonyl (C=O) groups is 1. The third kappa shape index (κ3) is 5.97. The lowest BCUT2D eigenvalue weighted by Gasteiger charge is -2.11. The molecule has 0 aliphatic heterocycles. The number of aryl methyl sites for hydroxylation is 1. The Morgan fingerprint density at radius 3 is 2.48 bits per heavy atom. The normalized spacial score (nSPS) is 11.1. The minimum absolute atomic E-state index is 0.158. The van der Waals surface area contributed by atoms with Crippen molar-refractivity contribution in [2.45, 2.75) is 17.6 Å². The number of nitrogens with one attached hydrogen (secondary N) is 2. The van der Waals surface area contributed by atoms with Crippen LogP contribution in [0, 0.1) is 6.92 Å². The Morgan fingerprint density at radius 2 is 1.82 bits per heavy atom. The van der Waals surface area contributed by atoms with Crippen LogP contribution in [0.1, 0.15) is 11.1 Å². The summed E-state index contributed by atoms with van der Waals surface area (Å²) in [7, 11) is -3.60. The number of thiophene rings is 1. The quantitative estimate of drug-likeness (QED) is 0.361. The van der Waals surface area contributed by atoms with Crippen molar-refractivity contribution in [2.24, 2.45) is 0 Å². The van der Waals surface area contributed by atoms with Crippen molar-refractivity contribution in [3.63, 3.8) is 0 Å². The molecule has 2 heterocycles. The van der Waals surface area contributed by atoms with E-state index in [-0.39, 0.29) is 16.5 Å². The molecule has 0 saturated carbocycles. The van der Waals surface area contributed by atoms with E-state index in [0.717, 1.165) is 22.5 Å². The van der Waals surface area contributed by atoms with E-state index in [2.05, 4.69) is 15.0 Å². The molecular weight excluding hydrogens is 458 g/mol. The second-order valence-electron chi connectivity index (χ2n) is 7.23.